The van der Waals surface area contributed by atoms with Gasteiger partial charge in [-0.05, 0) is 27.6 Å². The number of methoxy groups -OCH3 is 1. The number of carbonyl (C=O) groups excluding carboxylic acids is 1. The van der Waals surface area contributed by atoms with Crippen LogP contribution in [0.25, 0.3) is 0 Å². The number of ether oxygens (including phenoxy) is 1. The summed E-state index contributed by atoms with van der Waals surface area (Å²) in [7, 11) is 1.48. The Balaban J connectivity index is 2.20. The zero-order valence-corrected chi connectivity index (χ0v) is 13.0. The van der Waals surface area contributed by atoms with Crippen LogP contribution in [0.15, 0.2) is 47.1 Å². The highest BCUT2D eigenvalue weighted by Gasteiger charge is 2.20. The number of hydrogen-bond acceptors (Lipinski definition) is 3. The van der Waals surface area contributed by atoms with E-state index in [0.717, 1.165) is 10.0 Å². The summed E-state index contributed by atoms with van der Waals surface area (Å²) in [5, 5.41) is 2.94. The minimum absolute atomic E-state index is 0.226. The average Bonchev–Trinajstić information content (AvgIpc) is 2.45. The highest BCUT2D eigenvalue weighted by molar-refractivity contribution is 9.10. The van der Waals surface area contributed by atoms with E-state index in [9.17, 15) is 4.79 Å². The van der Waals surface area contributed by atoms with Crippen LogP contribution in [0, 0.1) is 0 Å². The normalized spacial score (nSPS) is 11.9. The predicted octanol–water partition coefficient (Wildman–Crippen LogP) is 3.82. The fraction of sp³-hybridized carbons (Fsp3) is 0.143. The smallest absolute Gasteiger partial charge is 0.258 e. The molecule has 1 aromatic carbocycles. The lowest BCUT2D eigenvalue weighted by molar-refractivity contribution is -0.126. The molecular formula is C14H12BrClN2O2. The van der Waals surface area contributed by atoms with Gasteiger partial charge in [-0.3, -0.25) is 4.79 Å². The molecule has 104 valence electrons. The third-order valence-corrected chi connectivity index (χ3v) is 3.37. The van der Waals surface area contributed by atoms with Crippen LogP contribution in [0.5, 0.6) is 0 Å². The van der Waals surface area contributed by atoms with E-state index in [1.807, 2.05) is 30.3 Å². The van der Waals surface area contributed by atoms with Gasteiger partial charge < -0.3 is 10.1 Å². The maximum Gasteiger partial charge on any atom is 0.258 e. The molecule has 0 saturated heterocycles. The predicted molar refractivity (Wildman–Crippen MR) is 81.8 cm³/mol. The standard InChI is InChI=1S/C14H12BrClN2O2/c1-20-12(9-5-3-2-4-6-9)14(19)18-11-7-10(15)8-17-13(11)16/h2-8,12H,1H3,(H,18,19). The van der Waals surface area contributed by atoms with Gasteiger partial charge in [-0.2, -0.15) is 0 Å². The van der Waals surface area contributed by atoms with Crippen LogP contribution in [0.1, 0.15) is 11.7 Å². The Morgan fingerprint density at radius 3 is 2.75 bits per heavy atom. The molecule has 0 saturated carbocycles. The van der Waals surface area contributed by atoms with Crippen molar-refractivity contribution >= 4 is 39.1 Å². The molecule has 1 unspecified atom stereocenters. The van der Waals surface area contributed by atoms with Gasteiger partial charge >= 0.3 is 0 Å². The maximum atomic E-state index is 12.3. The molecule has 20 heavy (non-hydrogen) atoms. The fourth-order valence-corrected chi connectivity index (χ4v) is 2.21. The molecule has 1 amide bonds. The molecule has 1 heterocycles. The monoisotopic (exact) mass is 354 g/mol. The van der Waals surface area contributed by atoms with Gasteiger partial charge in [-0.15, -0.1) is 0 Å². The first-order chi connectivity index (χ1) is 9.61. The molecule has 1 aromatic heterocycles. The molecule has 2 rings (SSSR count). The van der Waals surface area contributed by atoms with Crippen molar-refractivity contribution < 1.29 is 9.53 Å². The summed E-state index contributed by atoms with van der Waals surface area (Å²) in [5.41, 5.74) is 1.20. The molecule has 0 radical (unpaired) electrons. The Morgan fingerprint density at radius 2 is 2.10 bits per heavy atom. The van der Waals surface area contributed by atoms with Gasteiger partial charge in [-0.1, -0.05) is 41.9 Å². The third kappa shape index (κ3) is 3.56. The maximum absolute atomic E-state index is 12.3. The van der Waals surface area contributed by atoms with Gasteiger partial charge in [0, 0.05) is 17.8 Å². The first-order valence-corrected chi connectivity index (χ1v) is 6.98. The van der Waals surface area contributed by atoms with Crippen molar-refractivity contribution in [3.8, 4) is 0 Å². The van der Waals surface area contributed by atoms with Crippen molar-refractivity contribution in [1.29, 1.82) is 0 Å². The van der Waals surface area contributed by atoms with Crippen LogP contribution in [0.3, 0.4) is 0 Å². The van der Waals surface area contributed by atoms with Crippen molar-refractivity contribution in [2.24, 2.45) is 0 Å². The molecule has 0 aliphatic heterocycles. The fourth-order valence-electron chi connectivity index (χ4n) is 1.73. The second kappa shape index (κ2) is 6.83. The molecule has 0 bridgehead atoms. The lowest BCUT2D eigenvalue weighted by Crippen LogP contribution is -2.22. The van der Waals surface area contributed by atoms with Crippen LogP contribution < -0.4 is 5.32 Å². The van der Waals surface area contributed by atoms with E-state index in [0.29, 0.717) is 5.69 Å². The Hall–Kier alpha value is -1.43. The first-order valence-electron chi connectivity index (χ1n) is 5.81. The van der Waals surface area contributed by atoms with Crippen molar-refractivity contribution in [2.75, 3.05) is 12.4 Å². The largest absolute Gasteiger partial charge is 0.367 e. The molecule has 0 aliphatic rings. The first kappa shape index (κ1) is 15.0. The van der Waals surface area contributed by atoms with Gasteiger partial charge in [0.1, 0.15) is 0 Å². The number of nitrogens with zero attached hydrogens (tertiary/aromatic N) is 1. The molecule has 6 heteroatoms. The Bertz CT molecular complexity index is 607. The molecule has 2 aromatic rings. The average molecular weight is 356 g/mol. The van der Waals surface area contributed by atoms with Crippen LogP contribution >= 0.6 is 27.5 Å². The van der Waals surface area contributed by atoms with Crippen molar-refractivity contribution in [3.63, 3.8) is 0 Å². The van der Waals surface area contributed by atoms with Crippen LogP contribution in [-0.2, 0) is 9.53 Å². The zero-order valence-electron chi connectivity index (χ0n) is 10.6. The quantitative estimate of drug-likeness (QED) is 0.848. The second-order valence-corrected chi connectivity index (χ2v) is 5.28. The van der Waals surface area contributed by atoms with E-state index in [1.54, 1.807) is 12.3 Å². The van der Waals surface area contributed by atoms with E-state index in [1.165, 1.54) is 7.11 Å². The summed E-state index contributed by atoms with van der Waals surface area (Å²) in [6.45, 7) is 0. The lowest BCUT2D eigenvalue weighted by atomic mass is 10.1. The van der Waals surface area contributed by atoms with E-state index in [-0.39, 0.29) is 11.1 Å². The van der Waals surface area contributed by atoms with Gasteiger partial charge in [0.05, 0.1) is 5.69 Å². The zero-order chi connectivity index (χ0) is 14.5. The molecule has 1 atom stereocenters. The van der Waals surface area contributed by atoms with Crippen molar-refractivity contribution in [3.05, 3.63) is 57.8 Å². The number of halogens is 2. The number of rotatable bonds is 4. The molecule has 0 fully saturated rings. The number of anilines is 1. The summed E-state index contributed by atoms with van der Waals surface area (Å²) in [6.07, 6.45) is 0.856. The van der Waals surface area contributed by atoms with Gasteiger partial charge in [-0.25, -0.2) is 4.98 Å². The van der Waals surface area contributed by atoms with Gasteiger partial charge in [0.15, 0.2) is 11.3 Å². The van der Waals surface area contributed by atoms with E-state index >= 15 is 0 Å². The van der Waals surface area contributed by atoms with Crippen molar-refractivity contribution in [2.45, 2.75) is 6.10 Å². The van der Waals surface area contributed by atoms with E-state index < -0.39 is 6.10 Å². The second-order valence-electron chi connectivity index (χ2n) is 4.01. The molecule has 0 aliphatic carbocycles. The molecule has 1 N–H and O–H groups in total. The number of pyridine rings is 1. The Labute approximate surface area is 130 Å². The van der Waals surface area contributed by atoms with E-state index in [2.05, 4.69) is 26.2 Å². The summed E-state index contributed by atoms with van der Waals surface area (Å²) < 4.78 is 5.98. The third-order valence-electron chi connectivity index (χ3n) is 2.64. The summed E-state index contributed by atoms with van der Waals surface area (Å²) in [5.74, 6) is -0.305. The van der Waals surface area contributed by atoms with Gasteiger partial charge in [0.2, 0.25) is 0 Å². The minimum atomic E-state index is -0.703. The summed E-state index contributed by atoms with van der Waals surface area (Å²) in [4.78, 5) is 16.2. The van der Waals surface area contributed by atoms with Crippen LogP contribution in [0.4, 0.5) is 5.69 Å². The SMILES string of the molecule is COC(C(=O)Nc1cc(Br)cnc1Cl)c1ccccc1. The number of aromatic nitrogens is 1. The number of benzene rings is 1. The van der Waals surface area contributed by atoms with E-state index in [4.69, 9.17) is 16.3 Å². The topological polar surface area (TPSA) is 51.2 Å². The summed E-state index contributed by atoms with van der Waals surface area (Å²) >= 11 is 9.23. The highest BCUT2D eigenvalue weighted by atomic mass is 79.9. The summed E-state index contributed by atoms with van der Waals surface area (Å²) in [6, 6.07) is 10.9. The number of amides is 1. The highest BCUT2D eigenvalue weighted by Crippen LogP contribution is 2.25. The Morgan fingerprint density at radius 1 is 1.40 bits per heavy atom. The Kier molecular flexibility index (Phi) is 5.11. The molecular weight excluding hydrogens is 344 g/mol. The van der Waals surface area contributed by atoms with Crippen LogP contribution in [0.2, 0.25) is 5.15 Å². The van der Waals surface area contributed by atoms with Gasteiger partial charge in [0.25, 0.3) is 5.91 Å². The lowest BCUT2D eigenvalue weighted by Gasteiger charge is -2.16. The molecule has 4 nitrogen and oxygen atoms in total. The minimum Gasteiger partial charge on any atom is -0.367 e. The number of carbonyl (C=O) groups is 1. The van der Waals surface area contributed by atoms with Crippen molar-refractivity contribution in [1.82, 2.24) is 4.98 Å². The number of hydrogen-bond donors (Lipinski definition) is 1. The number of nitrogens with one attached hydrogen (secondary N) is 1. The molecule has 0 spiro atoms. The van der Waals surface area contributed by atoms with Crippen LogP contribution in [-0.4, -0.2) is 18.0 Å².